The maximum Gasteiger partial charge on any atom is 0.0656 e. The van der Waals surface area contributed by atoms with Crippen LogP contribution in [0.5, 0.6) is 0 Å². The molecular formula is C11H20OSi. The average Bonchev–Trinajstić information content (AvgIpc) is 2.57. The van der Waals surface area contributed by atoms with Gasteiger partial charge in [-0.25, -0.2) is 0 Å². The lowest BCUT2D eigenvalue weighted by Crippen LogP contribution is -2.26. The van der Waals surface area contributed by atoms with Crippen molar-refractivity contribution in [2.24, 2.45) is 0 Å². The van der Waals surface area contributed by atoms with Gasteiger partial charge in [-0.15, -0.1) is 0 Å². The van der Waals surface area contributed by atoms with Gasteiger partial charge in [0, 0.05) is 12.8 Å². The van der Waals surface area contributed by atoms with Gasteiger partial charge in [0.25, 0.3) is 0 Å². The average molecular weight is 196 g/mol. The molecule has 1 nitrogen and oxygen atoms in total. The van der Waals surface area contributed by atoms with E-state index in [-0.39, 0.29) is 0 Å². The number of rotatable bonds is 5. The fraction of sp³-hybridized carbons (Fsp3) is 0.636. The Labute approximate surface area is 83.1 Å². The molecule has 1 aliphatic carbocycles. The lowest BCUT2D eigenvalue weighted by Gasteiger charge is -2.17. The lowest BCUT2D eigenvalue weighted by molar-refractivity contribution is 0.154. The first-order valence-corrected chi connectivity index (χ1v) is 8.10. The van der Waals surface area contributed by atoms with Crippen LogP contribution in [-0.2, 0) is 4.74 Å². The van der Waals surface area contributed by atoms with Gasteiger partial charge in [0.1, 0.15) is 0 Å². The standard InChI is InChI=1S/C11H20OSi/c1-12-11(13(2)3)9-8-10-6-4-5-7-10/h4,6-7,11,13H,5,8-9H2,1-3H3. The van der Waals surface area contributed by atoms with Crippen LogP contribution in [-0.4, -0.2) is 21.6 Å². The molecule has 0 aromatic heterocycles. The van der Waals surface area contributed by atoms with Crippen LogP contribution in [0.4, 0.5) is 0 Å². The molecule has 1 aliphatic rings. The second-order valence-corrected chi connectivity index (χ2v) is 7.21. The quantitative estimate of drug-likeness (QED) is 0.614. The Kier molecular flexibility index (Phi) is 4.46. The summed E-state index contributed by atoms with van der Waals surface area (Å²) in [6.07, 6.45) is 10.3. The topological polar surface area (TPSA) is 9.23 Å². The van der Waals surface area contributed by atoms with Crippen LogP contribution in [0.2, 0.25) is 13.1 Å². The molecule has 0 N–H and O–H groups in total. The predicted octanol–water partition coefficient (Wildman–Crippen LogP) is 2.69. The molecule has 0 bridgehead atoms. The first-order valence-electron chi connectivity index (χ1n) is 5.12. The summed E-state index contributed by atoms with van der Waals surface area (Å²) < 4.78 is 5.48. The Morgan fingerprint density at radius 1 is 1.54 bits per heavy atom. The number of allylic oxidation sites excluding steroid dienone is 4. The fourth-order valence-corrected chi connectivity index (χ4v) is 3.10. The molecule has 0 fully saturated rings. The number of hydrogen-bond acceptors (Lipinski definition) is 1. The molecule has 0 aromatic carbocycles. The molecule has 74 valence electrons. The van der Waals surface area contributed by atoms with Gasteiger partial charge < -0.3 is 4.74 Å². The van der Waals surface area contributed by atoms with Crippen LogP contribution < -0.4 is 0 Å². The van der Waals surface area contributed by atoms with Crippen molar-refractivity contribution in [2.45, 2.75) is 38.1 Å². The minimum absolute atomic E-state index is 0.551. The van der Waals surface area contributed by atoms with E-state index in [1.807, 2.05) is 7.11 Å². The zero-order valence-electron chi connectivity index (χ0n) is 8.92. The Bertz CT molecular complexity index is 206. The largest absolute Gasteiger partial charge is 0.385 e. The molecule has 0 radical (unpaired) electrons. The lowest BCUT2D eigenvalue weighted by atomic mass is 10.1. The molecule has 0 aromatic rings. The van der Waals surface area contributed by atoms with Gasteiger partial charge in [-0.05, 0) is 19.3 Å². The van der Waals surface area contributed by atoms with Crippen molar-refractivity contribution in [2.75, 3.05) is 7.11 Å². The van der Waals surface area contributed by atoms with E-state index in [1.165, 1.54) is 18.4 Å². The van der Waals surface area contributed by atoms with Crippen molar-refractivity contribution in [3.8, 4) is 0 Å². The van der Waals surface area contributed by atoms with E-state index >= 15 is 0 Å². The molecule has 1 atom stereocenters. The van der Waals surface area contributed by atoms with Crippen molar-refractivity contribution in [1.82, 2.24) is 0 Å². The predicted molar refractivity (Wildman–Crippen MR) is 60.7 cm³/mol. The molecule has 0 saturated heterocycles. The fourth-order valence-electron chi connectivity index (χ4n) is 1.72. The minimum atomic E-state index is -0.620. The van der Waals surface area contributed by atoms with E-state index in [9.17, 15) is 0 Å². The number of ether oxygens (including phenoxy) is 1. The Hall–Kier alpha value is -0.343. The molecule has 0 saturated carbocycles. The van der Waals surface area contributed by atoms with Crippen molar-refractivity contribution < 1.29 is 4.74 Å². The third-order valence-corrected chi connectivity index (χ3v) is 4.70. The maximum atomic E-state index is 5.48. The number of hydrogen-bond donors (Lipinski definition) is 0. The van der Waals surface area contributed by atoms with Gasteiger partial charge in [-0.1, -0.05) is 36.9 Å². The maximum absolute atomic E-state index is 5.48. The van der Waals surface area contributed by atoms with E-state index in [2.05, 4.69) is 31.3 Å². The molecular weight excluding hydrogens is 176 g/mol. The van der Waals surface area contributed by atoms with Gasteiger partial charge in [-0.2, -0.15) is 0 Å². The van der Waals surface area contributed by atoms with Crippen LogP contribution >= 0.6 is 0 Å². The zero-order chi connectivity index (χ0) is 9.68. The highest BCUT2D eigenvalue weighted by Crippen LogP contribution is 2.17. The highest BCUT2D eigenvalue weighted by molar-refractivity contribution is 6.57. The molecule has 0 amide bonds. The molecule has 2 heteroatoms. The molecule has 0 heterocycles. The molecule has 0 aliphatic heterocycles. The summed E-state index contributed by atoms with van der Waals surface area (Å²) in [5.74, 6) is 0. The Morgan fingerprint density at radius 2 is 2.31 bits per heavy atom. The van der Waals surface area contributed by atoms with E-state index < -0.39 is 8.80 Å². The van der Waals surface area contributed by atoms with Crippen molar-refractivity contribution in [1.29, 1.82) is 0 Å². The highest BCUT2D eigenvalue weighted by Gasteiger charge is 2.13. The first-order chi connectivity index (χ1) is 6.24. The van der Waals surface area contributed by atoms with E-state index in [1.54, 1.807) is 0 Å². The summed E-state index contributed by atoms with van der Waals surface area (Å²) in [6.45, 7) is 4.71. The van der Waals surface area contributed by atoms with Crippen LogP contribution in [0.3, 0.4) is 0 Å². The van der Waals surface area contributed by atoms with Crippen LogP contribution in [0.25, 0.3) is 0 Å². The van der Waals surface area contributed by atoms with E-state index in [4.69, 9.17) is 4.74 Å². The summed E-state index contributed by atoms with van der Waals surface area (Å²) in [6, 6.07) is 0. The van der Waals surface area contributed by atoms with Gasteiger partial charge in [-0.3, -0.25) is 0 Å². The second-order valence-electron chi connectivity index (χ2n) is 3.97. The minimum Gasteiger partial charge on any atom is -0.385 e. The summed E-state index contributed by atoms with van der Waals surface area (Å²) in [7, 11) is 1.22. The Morgan fingerprint density at radius 3 is 2.77 bits per heavy atom. The van der Waals surface area contributed by atoms with Crippen LogP contribution in [0.15, 0.2) is 23.8 Å². The van der Waals surface area contributed by atoms with Gasteiger partial charge in [0.05, 0.1) is 8.80 Å². The zero-order valence-corrected chi connectivity index (χ0v) is 10.1. The molecule has 1 rings (SSSR count). The first kappa shape index (κ1) is 10.7. The van der Waals surface area contributed by atoms with Gasteiger partial charge >= 0.3 is 0 Å². The van der Waals surface area contributed by atoms with Crippen molar-refractivity contribution in [3.05, 3.63) is 23.8 Å². The second kappa shape index (κ2) is 5.40. The smallest absolute Gasteiger partial charge is 0.0656 e. The monoisotopic (exact) mass is 196 g/mol. The third-order valence-electron chi connectivity index (χ3n) is 2.61. The van der Waals surface area contributed by atoms with E-state index in [0.29, 0.717) is 5.73 Å². The molecule has 0 spiro atoms. The van der Waals surface area contributed by atoms with Crippen molar-refractivity contribution in [3.63, 3.8) is 0 Å². The van der Waals surface area contributed by atoms with Gasteiger partial charge in [0.15, 0.2) is 0 Å². The summed E-state index contributed by atoms with van der Waals surface area (Å²) in [5, 5.41) is 0. The third kappa shape index (κ3) is 3.49. The summed E-state index contributed by atoms with van der Waals surface area (Å²) in [5.41, 5.74) is 2.05. The van der Waals surface area contributed by atoms with Crippen LogP contribution in [0.1, 0.15) is 19.3 Å². The number of methoxy groups -OCH3 is 1. The Balaban J connectivity index is 2.27. The van der Waals surface area contributed by atoms with E-state index in [0.717, 1.165) is 6.42 Å². The van der Waals surface area contributed by atoms with Gasteiger partial charge in [0.2, 0.25) is 0 Å². The SMILES string of the molecule is COC(CCC1=CCC=C1)[SiH](C)C. The summed E-state index contributed by atoms with van der Waals surface area (Å²) in [4.78, 5) is 0. The van der Waals surface area contributed by atoms with Crippen molar-refractivity contribution >= 4 is 8.80 Å². The normalized spacial score (nSPS) is 18.0. The van der Waals surface area contributed by atoms with Crippen LogP contribution in [0, 0.1) is 0 Å². The molecule has 1 unspecified atom stereocenters. The highest BCUT2D eigenvalue weighted by atomic mass is 28.3. The summed E-state index contributed by atoms with van der Waals surface area (Å²) >= 11 is 0. The molecule has 13 heavy (non-hydrogen) atoms.